The van der Waals surface area contributed by atoms with E-state index in [0.717, 1.165) is 30.2 Å². The van der Waals surface area contributed by atoms with Crippen LogP contribution >= 0.6 is 11.3 Å². The lowest BCUT2D eigenvalue weighted by Crippen LogP contribution is -2.28. The summed E-state index contributed by atoms with van der Waals surface area (Å²) < 4.78 is 10.5. The average Bonchev–Trinajstić information content (AvgIpc) is 3.13. The van der Waals surface area contributed by atoms with Crippen molar-refractivity contribution in [3.63, 3.8) is 0 Å². The summed E-state index contributed by atoms with van der Waals surface area (Å²) in [5, 5.41) is 12.7. The summed E-state index contributed by atoms with van der Waals surface area (Å²) >= 11 is 1.46. The number of rotatable bonds is 8. The van der Waals surface area contributed by atoms with E-state index in [0.29, 0.717) is 29.5 Å². The van der Waals surface area contributed by atoms with Gasteiger partial charge in [-0.1, -0.05) is 23.8 Å². The van der Waals surface area contributed by atoms with Crippen LogP contribution in [0.15, 0.2) is 18.2 Å². The molecule has 8 heteroatoms. The largest absolute Gasteiger partial charge is 0.493 e. The third-order valence-electron chi connectivity index (χ3n) is 4.61. The van der Waals surface area contributed by atoms with Crippen LogP contribution in [-0.2, 0) is 17.8 Å². The lowest BCUT2D eigenvalue weighted by atomic mass is 10.1. The number of ether oxygens (including phenoxy) is 2. The van der Waals surface area contributed by atoms with Crippen LogP contribution in [0.2, 0.25) is 0 Å². The summed E-state index contributed by atoms with van der Waals surface area (Å²) in [5.41, 5.74) is 1.02. The monoisotopic (exact) mass is 390 g/mol. The van der Waals surface area contributed by atoms with Crippen molar-refractivity contribution in [3.05, 3.63) is 28.8 Å². The summed E-state index contributed by atoms with van der Waals surface area (Å²) in [4.78, 5) is 14.6. The fraction of sp³-hybridized carbons (Fsp3) is 0.526. The van der Waals surface area contributed by atoms with E-state index in [1.54, 1.807) is 14.2 Å². The van der Waals surface area contributed by atoms with Crippen LogP contribution in [0.5, 0.6) is 11.5 Å². The zero-order chi connectivity index (χ0) is 19.1. The molecule has 3 rings (SSSR count). The molecule has 7 nitrogen and oxygen atoms in total. The number of hydrogen-bond donors (Lipinski definition) is 1. The minimum absolute atomic E-state index is 0.0644. The number of carbonyl (C=O) groups excluding carboxylic acids is 1. The number of benzene rings is 1. The number of likely N-dealkylation sites (tertiary alicyclic amines) is 1. The van der Waals surface area contributed by atoms with Gasteiger partial charge < -0.3 is 14.8 Å². The van der Waals surface area contributed by atoms with Gasteiger partial charge in [0.05, 0.1) is 20.8 Å². The van der Waals surface area contributed by atoms with Crippen molar-refractivity contribution < 1.29 is 14.3 Å². The fourth-order valence-electron chi connectivity index (χ4n) is 3.15. The van der Waals surface area contributed by atoms with Crippen LogP contribution in [0.4, 0.5) is 5.13 Å². The molecule has 1 N–H and O–H groups in total. The van der Waals surface area contributed by atoms with Crippen LogP contribution in [0.3, 0.4) is 0 Å². The number of carbonyl (C=O) groups is 1. The van der Waals surface area contributed by atoms with E-state index in [1.165, 1.54) is 30.6 Å². The van der Waals surface area contributed by atoms with Gasteiger partial charge in [-0.3, -0.25) is 9.69 Å². The van der Waals surface area contributed by atoms with Crippen LogP contribution in [-0.4, -0.2) is 48.3 Å². The second-order valence-electron chi connectivity index (χ2n) is 6.58. The Balaban J connectivity index is 1.48. The first-order valence-corrected chi connectivity index (χ1v) is 10.0. The van der Waals surface area contributed by atoms with Gasteiger partial charge >= 0.3 is 0 Å². The van der Waals surface area contributed by atoms with E-state index < -0.39 is 0 Å². The molecule has 27 heavy (non-hydrogen) atoms. The Labute approximate surface area is 163 Å². The Bertz CT molecular complexity index is 759. The standard InChI is InChI=1S/C19H26N4O3S/c1-25-15-8-6-14(12-16(15)26-2)7-9-17(24)20-19-22-21-18(27-19)13-23-10-4-3-5-11-23/h6,8,12H,3-5,7,9-11,13H2,1-2H3,(H,20,22,24). The first-order valence-electron chi connectivity index (χ1n) is 9.23. The summed E-state index contributed by atoms with van der Waals surface area (Å²) in [7, 11) is 3.21. The van der Waals surface area contributed by atoms with E-state index in [4.69, 9.17) is 9.47 Å². The first-order chi connectivity index (χ1) is 13.2. The van der Waals surface area contributed by atoms with Crippen molar-refractivity contribution in [2.45, 2.75) is 38.6 Å². The predicted octanol–water partition coefficient (Wildman–Crippen LogP) is 3.11. The van der Waals surface area contributed by atoms with Gasteiger partial charge in [-0.25, -0.2) is 0 Å². The Morgan fingerprint density at radius 3 is 2.67 bits per heavy atom. The predicted molar refractivity (Wildman–Crippen MR) is 106 cm³/mol. The molecule has 146 valence electrons. The van der Waals surface area contributed by atoms with E-state index >= 15 is 0 Å². The highest BCUT2D eigenvalue weighted by Gasteiger charge is 2.14. The molecule has 1 fully saturated rings. The Kier molecular flexibility index (Phi) is 7.00. The second kappa shape index (κ2) is 9.66. The van der Waals surface area contributed by atoms with Crippen LogP contribution in [0, 0.1) is 0 Å². The average molecular weight is 391 g/mol. The zero-order valence-corrected chi connectivity index (χ0v) is 16.7. The Hall–Kier alpha value is -2.19. The molecular formula is C19H26N4O3S. The van der Waals surface area contributed by atoms with E-state index in [2.05, 4.69) is 20.4 Å². The van der Waals surface area contributed by atoms with Crippen LogP contribution in [0.25, 0.3) is 0 Å². The normalized spacial score (nSPS) is 14.7. The van der Waals surface area contributed by atoms with Crippen molar-refractivity contribution in [3.8, 4) is 11.5 Å². The maximum atomic E-state index is 12.2. The first kappa shape index (κ1) is 19.6. The SMILES string of the molecule is COc1ccc(CCC(=O)Nc2nnc(CN3CCCCC3)s2)cc1OC. The molecule has 1 aliphatic heterocycles. The number of nitrogens with one attached hydrogen (secondary N) is 1. The van der Waals surface area contributed by atoms with Crippen molar-refractivity contribution in [1.82, 2.24) is 15.1 Å². The number of methoxy groups -OCH3 is 2. The van der Waals surface area contributed by atoms with Crippen molar-refractivity contribution in [1.29, 1.82) is 0 Å². The summed E-state index contributed by atoms with van der Waals surface area (Å²) in [6, 6.07) is 5.69. The highest BCUT2D eigenvalue weighted by molar-refractivity contribution is 7.15. The number of hydrogen-bond acceptors (Lipinski definition) is 7. The number of amides is 1. The summed E-state index contributed by atoms with van der Waals surface area (Å²) in [5.74, 6) is 1.29. The third-order valence-corrected chi connectivity index (χ3v) is 5.43. The summed E-state index contributed by atoms with van der Waals surface area (Å²) in [6.45, 7) is 3.05. The molecule has 0 radical (unpaired) electrons. The minimum Gasteiger partial charge on any atom is -0.493 e. The molecular weight excluding hydrogens is 364 g/mol. The third kappa shape index (κ3) is 5.64. The molecule has 0 spiro atoms. The maximum Gasteiger partial charge on any atom is 0.226 e. The molecule has 1 aromatic heterocycles. The van der Waals surface area contributed by atoms with Gasteiger partial charge in [0, 0.05) is 6.42 Å². The van der Waals surface area contributed by atoms with Gasteiger partial charge in [0.25, 0.3) is 0 Å². The molecule has 0 bridgehead atoms. The number of anilines is 1. The number of piperidine rings is 1. The number of aryl methyl sites for hydroxylation is 1. The van der Waals surface area contributed by atoms with Gasteiger partial charge in [0.15, 0.2) is 11.5 Å². The Morgan fingerprint density at radius 1 is 1.15 bits per heavy atom. The molecule has 1 amide bonds. The quantitative estimate of drug-likeness (QED) is 0.746. The van der Waals surface area contributed by atoms with Crippen LogP contribution in [0.1, 0.15) is 36.3 Å². The van der Waals surface area contributed by atoms with Gasteiger partial charge in [0.2, 0.25) is 11.0 Å². The molecule has 0 aliphatic carbocycles. The molecule has 1 aliphatic rings. The highest BCUT2D eigenvalue weighted by atomic mass is 32.1. The molecule has 0 saturated carbocycles. The van der Waals surface area contributed by atoms with E-state index in [-0.39, 0.29) is 5.91 Å². The topological polar surface area (TPSA) is 76.6 Å². The number of nitrogens with zero attached hydrogens (tertiary/aromatic N) is 3. The van der Waals surface area contributed by atoms with Crippen molar-refractivity contribution >= 4 is 22.4 Å². The zero-order valence-electron chi connectivity index (χ0n) is 15.9. The van der Waals surface area contributed by atoms with Crippen molar-refractivity contribution in [2.75, 3.05) is 32.6 Å². The smallest absolute Gasteiger partial charge is 0.226 e. The van der Waals surface area contributed by atoms with Gasteiger partial charge in [-0.05, 0) is 50.0 Å². The lowest BCUT2D eigenvalue weighted by Gasteiger charge is -2.24. The molecule has 0 atom stereocenters. The van der Waals surface area contributed by atoms with E-state index in [1.807, 2.05) is 18.2 Å². The van der Waals surface area contributed by atoms with Gasteiger partial charge in [0.1, 0.15) is 5.01 Å². The van der Waals surface area contributed by atoms with Crippen molar-refractivity contribution in [2.24, 2.45) is 0 Å². The number of aromatic nitrogens is 2. The maximum absolute atomic E-state index is 12.2. The molecule has 1 saturated heterocycles. The minimum atomic E-state index is -0.0644. The molecule has 2 heterocycles. The molecule has 2 aromatic rings. The molecule has 0 unspecified atom stereocenters. The second-order valence-corrected chi connectivity index (χ2v) is 7.64. The lowest BCUT2D eigenvalue weighted by molar-refractivity contribution is -0.116. The Morgan fingerprint density at radius 2 is 1.93 bits per heavy atom. The fourth-order valence-corrected chi connectivity index (χ4v) is 3.95. The van der Waals surface area contributed by atoms with Gasteiger partial charge in [-0.2, -0.15) is 0 Å². The molecule has 1 aromatic carbocycles. The van der Waals surface area contributed by atoms with Crippen LogP contribution < -0.4 is 14.8 Å². The van der Waals surface area contributed by atoms with E-state index in [9.17, 15) is 4.79 Å². The highest BCUT2D eigenvalue weighted by Crippen LogP contribution is 2.28. The summed E-state index contributed by atoms with van der Waals surface area (Å²) in [6.07, 6.45) is 4.80. The van der Waals surface area contributed by atoms with Gasteiger partial charge in [-0.15, -0.1) is 10.2 Å².